The maximum Gasteiger partial charge on any atom is 0.121 e. The van der Waals surface area contributed by atoms with Gasteiger partial charge in [-0.2, -0.15) is 0 Å². The smallest absolute Gasteiger partial charge is 0.121 e. The highest BCUT2D eigenvalue weighted by Crippen LogP contribution is 2.22. The lowest BCUT2D eigenvalue weighted by Gasteiger charge is -2.08. The van der Waals surface area contributed by atoms with Crippen molar-refractivity contribution in [2.45, 2.75) is 31.2 Å². The van der Waals surface area contributed by atoms with Crippen LogP contribution in [-0.2, 0) is 6.54 Å². The fourth-order valence-electron chi connectivity index (χ4n) is 2.16. The number of nitrogens with one attached hydrogen (secondary N) is 2. The van der Waals surface area contributed by atoms with E-state index in [4.69, 9.17) is 0 Å². The molecule has 2 N–H and O–H groups in total. The van der Waals surface area contributed by atoms with Crippen molar-refractivity contribution < 1.29 is 0 Å². The first kappa shape index (κ1) is 16.3. The second-order valence-corrected chi connectivity index (χ2v) is 6.71. The van der Waals surface area contributed by atoms with Crippen molar-refractivity contribution in [1.29, 1.82) is 0 Å². The molecule has 1 aromatic carbocycles. The quantitative estimate of drug-likeness (QED) is 0.552. The van der Waals surface area contributed by atoms with Crippen molar-refractivity contribution in [1.82, 2.24) is 20.2 Å². The number of nitrogens with zero attached hydrogens (tertiary/aromatic N) is 2. The molecule has 0 radical (unpaired) electrons. The van der Waals surface area contributed by atoms with Crippen molar-refractivity contribution >= 4 is 22.8 Å². The van der Waals surface area contributed by atoms with Crippen LogP contribution in [0.25, 0.3) is 11.0 Å². The molecule has 5 heteroatoms. The Morgan fingerprint density at radius 2 is 2.19 bits per heavy atom. The molecule has 21 heavy (non-hydrogen) atoms. The standard InChI is InChI=1S/C16H26N4S/c1-4-10-21-13-6-7-14-15(11-13)19-16(18-14)12-17-8-5-9-20(2)3/h6-7,11,17H,4-5,8-10,12H2,1-3H3,(H,18,19). The lowest BCUT2D eigenvalue weighted by atomic mass is 10.3. The van der Waals surface area contributed by atoms with E-state index in [1.165, 1.54) is 17.1 Å². The third-order valence-electron chi connectivity index (χ3n) is 3.23. The molecular weight excluding hydrogens is 280 g/mol. The largest absolute Gasteiger partial charge is 0.341 e. The summed E-state index contributed by atoms with van der Waals surface area (Å²) in [7, 11) is 4.21. The lowest BCUT2D eigenvalue weighted by molar-refractivity contribution is 0.394. The molecule has 0 amide bonds. The van der Waals surface area contributed by atoms with E-state index in [-0.39, 0.29) is 0 Å². The normalized spacial score (nSPS) is 11.6. The van der Waals surface area contributed by atoms with Crippen LogP contribution in [0.3, 0.4) is 0 Å². The van der Waals surface area contributed by atoms with Gasteiger partial charge in [0.25, 0.3) is 0 Å². The van der Waals surface area contributed by atoms with E-state index in [2.05, 4.69) is 59.4 Å². The van der Waals surface area contributed by atoms with Crippen molar-refractivity contribution in [2.75, 3.05) is 32.9 Å². The zero-order valence-electron chi connectivity index (χ0n) is 13.3. The van der Waals surface area contributed by atoms with E-state index in [0.717, 1.165) is 42.9 Å². The van der Waals surface area contributed by atoms with E-state index in [1.54, 1.807) is 0 Å². The van der Waals surface area contributed by atoms with Crippen molar-refractivity contribution in [3.63, 3.8) is 0 Å². The first-order chi connectivity index (χ1) is 10.2. The second-order valence-electron chi connectivity index (χ2n) is 5.54. The SMILES string of the molecule is CCCSc1ccc2nc(CNCCCN(C)C)[nH]c2c1. The molecule has 0 bridgehead atoms. The molecule has 1 aromatic heterocycles. The van der Waals surface area contributed by atoms with Crippen LogP contribution in [0.5, 0.6) is 0 Å². The van der Waals surface area contributed by atoms with Crippen molar-refractivity contribution in [2.24, 2.45) is 0 Å². The van der Waals surface area contributed by atoms with Crippen LogP contribution in [-0.4, -0.2) is 47.8 Å². The van der Waals surface area contributed by atoms with Crippen LogP contribution in [0, 0.1) is 0 Å². The number of aromatic nitrogens is 2. The Morgan fingerprint density at radius 1 is 1.33 bits per heavy atom. The van der Waals surface area contributed by atoms with Gasteiger partial charge in [0, 0.05) is 4.90 Å². The fraction of sp³-hybridized carbons (Fsp3) is 0.562. The molecule has 1 heterocycles. The summed E-state index contributed by atoms with van der Waals surface area (Å²) in [5.41, 5.74) is 2.20. The molecule has 0 spiro atoms. The van der Waals surface area contributed by atoms with Crippen LogP contribution in [0.1, 0.15) is 25.6 Å². The van der Waals surface area contributed by atoms with Gasteiger partial charge in [-0.1, -0.05) is 6.92 Å². The number of hydrogen-bond acceptors (Lipinski definition) is 4. The molecule has 4 nitrogen and oxygen atoms in total. The van der Waals surface area contributed by atoms with Crippen molar-refractivity contribution in [3.05, 3.63) is 24.0 Å². The molecule has 0 aliphatic heterocycles. The molecule has 0 saturated heterocycles. The number of rotatable bonds is 9. The van der Waals surface area contributed by atoms with Crippen molar-refractivity contribution in [3.8, 4) is 0 Å². The van der Waals surface area contributed by atoms with Gasteiger partial charge in [0.2, 0.25) is 0 Å². The molecule has 116 valence electrons. The minimum atomic E-state index is 0.805. The van der Waals surface area contributed by atoms with Crippen LogP contribution < -0.4 is 5.32 Å². The highest BCUT2D eigenvalue weighted by atomic mass is 32.2. The molecule has 0 aliphatic carbocycles. The third kappa shape index (κ3) is 5.34. The Morgan fingerprint density at radius 3 is 2.95 bits per heavy atom. The van der Waals surface area contributed by atoms with Gasteiger partial charge < -0.3 is 15.2 Å². The topological polar surface area (TPSA) is 44.0 Å². The molecule has 0 fully saturated rings. The predicted molar refractivity (Wildman–Crippen MR) is 92.0 cm³/mol. The average Bonchev–Trinajstić information content (AvgIpc) is 2.86. The number of hydrogen-bond donors (Lipinski definition) is 2. The van der Waals surface area contributed by atoms with Gasteiger partial charge in [0.1, 0.15) is 5.82 Å². The highest BCUT2D eigenvalue weighted by molar-refractivity contribution is 7.99. The Balaban J connectivity index is 1.86. The summed E-state index contributed by atoms with van der Waals surface area (Å²) >= 11 is 1.90. The van der Waals surface area contributed by atoms with Gasteiger partial charge in [0.15, 0.2) is 0 Å². The lowest BCUT2D eigenvalue weighted by Crippen LogP contribution is -2.21. The van der Waals surface area contributed by atoms with Gasteiger partial charge in [-0.15, -0.1) is 11.8 Å². The molecule has 2 aromatic rings. The number of aromatic amines is 1. The van der Waals surface area contributed by atoms with E-state index in [0.29, 0.717) is 0 Å². The van der Waals surface area contributed by atoms with Gasteiger partial charge in [-0.05, 0) is 64.0 Å². The maximum atomic E-state index is 4.63. The fourth-order valence-corrected chi connectivity index (χ4v) is 2.97. The molecule has 0 aliphatic rings. The summed E-state index contributed by atoms with van der Waals surface area (Å²) < 4.78 is 0. The summed E-state index contributed by atoms with van der Waals surface area (Å²) in [5, 5.41) is 3.44. The monoisotopic (exact) mass is 306 g/mol. The van der Waals surface area contributed by atoms with E-state index in [9.17, 15) is 0 Å². The predicted octanol–water partition coefficient (Wildman–Crippen LogP) is 3.11. The zero-order valence-corrected chi connectivity index (χ0v) is 14.1. The van der Waals surface area contributed by atoms with E-state index in [1.807, 2.05) is 11.8 Å². The van der Waals surface area contributed by atoms with Crippen LogP contribution in [0.2, 0.25) is 0 Å². The van der Waals surface area contributed by atoms with Crippen LogP contribution in [0.15, 0.2) is 23.1 Å². The van der Waals surface area contributed by atoms with Gasteiger partial charge in [0.05, 0.1) is 17.6 Å². The highest BCUT2D eigenvalue weighted by Gasteiger charge is 2.04. The van der Waals surface area contributed by atoms with E-state index >= 15 is 0 Å². The number of fused-ring (bicyclic) bond motifs is 1. The molecule has 0 atom stereocenters. The number of thioether (sulfide) groups is 1. The number of benzene rings is 1. The number of H-pyrrole nitrogens is 1. The molecular formula is C16H26N4S. The van der Waals surface area contributed by atoms with Gasteiger partial charge in [-0.3, -0.25) is 0 Å². The summed E-state index contributed by atoms with van der Waals surface area (Å²) in [4.78, 5) is 11.6. The first-order valence-electron chi connectivity index (χ1n) is 7.66. The summed E-state index contributed by atoms with van der Waals surface area (Å²) in [5.74, 6) is 2.19. The minimum Gasteiger partial charge on any atom is -0.341 e. The Kier molecular flexibility index (Phi) is 6.54. The van der Waals surface area contributed by atoms with Crippen LogP contribution >= 0.6 is 11.8 Å². The van der Waals surface area contributed by atoms with Gasteiger partial charge in [-0.25, -0.2) is 4.98 Å². The Bertz CT molecular complexity index is 550. The summed E-state index contributed by atoms with van der Waals surface area (Å²) in [6.07, 6.45) is 2.36. The molecule has 2 rings (SSSR count). The second kappa shape index (κ2) is 8.41. The number of imidazole rings is 1. The minimum absolute atomic E-state index is 0.805. The van der Waals surface area contributed by atoms with Gasteiger partial charge >= 0.3 is 0 Å². The Labute approximate surface area is 131 Å². The average molecular weight is 306 g/mol. The first-order valence-corrected chi connectivity index (χ1v) is 8.64. The summed E-state index contributed by atoms with van der Waals surface area (Å²) in [6, 6.07) is 6.48. The maximum absolute atomic E-state index is 4.63. The summed E-state index contributed by atoms with van der Waals surface area (Å²) in [6.45, 7) is 5.15. The zero-order chi connectivity index (χ0) is 15.1. The third-order valence-corrected chi connectivity index (χ3v) is 4.43. The molecule has 0 unspecified atom stereocenters. The molecule has 0 saturated carbocycles. The van der Waals surface area contributed by atoms with Crippen LogP contribution in [0.4, 0.5) is 0 Å². The van der Waals surface area contributed by atoms with E-state index < -0.39 is 0 Å². The Hall–Kier alpha value is -1.04.